The van der Waals surface area contributed by atoms with Crippen LogP contribution in [0.2, 0.25) is 5.02 Å². The number of ether oxygens (including phenoxy) is 2. The third-order valence-electron chi connectivity index (χ3n) is 3.74. The minimum atomic E-state index is -2.99. The summed E-state index contributed by atoms with van der Waals surface area (Å²) in [7, 11) is 1.30. The number of halogens is 3. The number of benzene rings is 2. The molecule has 28 heavy (non-hydrogen) atoms. The van der Waals surface area contributed by atoms with Crippen LogP contribution in [0.15, 0.2) is 48.7 Å². The number of nitrogens with one attached hydrogen (secondary N) is 1. The number of nitrogens with zero attached hydrogens (tertiary/aromatic N) is 1. The fourth-order valence-corrected chi connectivity index (χ4v) is 3.48. The molecule has 2 aromatic carbocycles. The van der Waals surface area contributed by atoms with Crippen LogP contribution in [-0.4, -0.2) is 24.6 Å². The summed E-state index contributed by atoms with van der Waals surface area (Å²) in [6.45, 7) is -2.99. The quantitative estimate of drug-likeness (QED) is 0.562. The molecule has 0 saturated heterocycles. The van der Waals surface area contributed by atoms with E-state index in [0.717, 1.165) is 10.4 Å². The highest BCUT2D eigenvalue weighted by molar-refractivity contribution is 7.15. The minimum Gasteiger partial charge on any atom is -0.493 e. The zero-order chi connectivity index (χ0) is 20.1. The molecule has 3 rings (SSSR count). The molecule has 1 amide bonds. The zero-order valence-electron chi connectivity index (χ0n) is 14.6. The molecule has 1 aromatic heterocycles. The van der Waals surface area contributed by atoms with Gasteiger partial charge in [0.2, 0.25) is 0 Å². The molecule has 0 spiro atoms. The molecular formula is C19H15ClF2N2O3S. The Balaban J connectivity index is 1.70. The Bertz CT molecular complexity index is 981. The van der Waals surface area contributed by atoms with E-state index in [0.29, 0.717) is 16.6 Å². The van der Waals surface area contributed by atoms with E-state index >= 15 is 0 Å². The summed E-state index contributed by atoms with van der Waals surface area (Å²) in [5.41, 5.74) is 1.19. The molecule has 0 radical (unpaired) electrons. The lowest BCUT2D eigenvalue weighted by Gasteiger charge is -2.11. The van der Waals surface area contributed by atoms with E-state index in [1.54, 1.807) is 6.20 Å². The molecule has 3 aromatic rings. The summed E-state index contributed by atoms with van der Waals surface area (Å²) in [4.78, 5) is 17.6. The maximum atomic E-state index is 12.4. The van der Waals surface area contributed by atoms with Gasteiger partial charge in [0.15, 0.2) is 16.6 Å². The van der Waals surface area contributed by atoms with Crippen molar-refractivity contribution in [3.8, 4) is 11.5 Å². The highest BCUT2D eigenvalue weighted by Gasteiger charge is 2.15. The number of hydrogen-bond acceptors (Lipinski definition) is 5. The van der Waals surface area contributed by atoms with Crippen molar-refractivity contribution in [1.82, 2.24) is 4.98 Å². The molecule has 0 aliphatic heterocycles. The molecule has 0 atom stereocenters. The molecule has 5 nitrogen and oxygen atoms in total. The van der Waals surface area contributed by atoms with Gasteiger partial charge in [0.1, 0.15) is 0 Å². The Morgan fingerprint density at radius 3 is 2.75 bits per heavy atom. The first-order chi connectivity index (χ1) is 13.5. The van der Waals surface area contributed by atoms with Gasteiger partial charge in [-0.1, -0.05) is 29.8 Å². The molecule has 0 aliphatic rings. The largest absolute Gasteiger partial charge is 0.493 e. The van der Waals surface area contributed by atoms with E-state index in [1.165, 1.54) is 36.6 Å². The Morgan fingerprint density at radius 2 is 2.04 bits per heavy atom. The van der Waals surface area contributed by atoms with Gasteiger partial charge in [-0.15, -0.1) is 11.3 Å². The van der Waals surface area contributed by atoms with Crippen molar-refractivity contribution in [1.29, 1.82) is 0 Å². The predicted octanol–water partition coefficient (Wildman–Crippen LogP) is 5.25. The van der Waals surface area contributed by atoms with Gasteiger partial charge in [-0.3, -0.25) is 10.1 Å². The number of hydrogen-bond donors (Lipinski definition) is 1. The van der Waals surface area contributed by atoms with Crippen molar-refractivity contribution in [3.05, 3.63) is 69.7 Å². The van der Waals surface area contributed by atoms with E-state index in [-0.39, 0.29) is 17.1 Å². The van der Waals surface area contributed by atoms with Crippen LogP contribution in [-0.2, 0) is 6.42 Å². The Hall–Kier alpha value is -2.71. The lowest BCUT2D eigenvalue weighted by atomic mass is 10.1. The molecule has 146 valence electrons. The van der Waals surface area contributed by atoms with Crippen molar-refractivity contribution < 1.29 is 23.0 Å². The number of anilines is 1. The molecule has 0 fully saturated rings. The van der Waals surface area contributed by atoms with Crippen LogP contribution in [0.25, 0.3) is 0 Å². The molecule has 0 aliphatic carbocycles. The van der Waals surface area contributed by atoms with Gasteiger partial charge in [-0.25, -0.2) is 4.98 Å². The van der Waals surface area contributed by atoms with E-state index < -0.39 is 12.5 Å². The molecule has 9 heteroatoms. The van der Waals surface area contributed by atoms with Gasteiger partial charge in [0.05, 0.1) is 7.11 Å². The van der Waals surface area contributed by atoms with Crippen molar-refractivity contribution in [2.24, 2.45) is 0 Å². The number of rotatable bonds is 7. The summed E-state index contributed by atoms with van der Waals surface area (Å²) in [5.74, 6) is -0.558. The number of carbonyl (C=O) groups excluding carboxylic acids is 1. The van der Waals surface area contributed by atoms with Gasteiger partial charge in [0, 0.05) is 28.1 Å². The standard InChI is InChI=1S/C19H15ClF2N2O3S/c1-26-16-9-12(6-7-15(16)27-18(21)22)17(25)24-19-23-10-13(28-19)8-11-4-2-3-5-14(11)20/h2-7,9-10,18H,8H2,1H3,(H,23,24,25). The number of thiazole rings is 1. The van der Waals surface area contributed by atoms with E-state index in [1.807, 2.05) is 24.3 Å². The number of aromatic nitrogens is 1. The van der Waals surface area contributed by atoms with E-state index in [9.17, 15) is 13.6 Å². The number of methoxy groups -OCH3 is 1. The maximum Gasteiger partial charge on any atom is 0.387 e. The van der Waals surface area contributed by atoms with E-state index in [2.05, 4.69) is 15.0 Å². The summed E-state index contributed by atoms with van der Waals surface area (Å²) in [5, 5.41) is 3.76. The van der Waals surface area contributed by atoms with Crippen molar-refractivity contribution in [3.63, 3.8) is 0 Å². The fourth-order valence-electron chi connectivity index (χ4n) is 2.45. The Labute approximate surface area is 168 Å². The van der Waals surface area contributed by atoms with Gasteiger partial charge in [-0.05, 0) is 29.8 Å². The van der Waals surface area contributed by atoms with Gasteiger partial charge in [0.25, 0.3) is 5.91 Å². The van der Waals surface area contributed by atoms with Gasteiger partial charge in [-0.2, -0.15) is 8.78 Å². The highest BCUT2D eigenvalue weighted by atomic mass is 35.5. The first-order valence-electron chi connectivity index (χ1n) is 8.08. The van der Waals surface area contributed by atoms with Crippen molar-refractivity contribution >= 4 is 34.0 Å². The van der Waals surface area contributed by atoms with Gasteiger partial charge >= 0.3 is 6.61 Å². The van der Waals surface area contributed by atoms with E-state index in [4.69, 9.17) is 16.3 Å². The smallest absolute Gasteiger partial charge is 0.387 e. The topological polar surface area (TPSA) is 60.5 Å². The lowest BCUT2D eigenvalue weighted by Crippen LogP contribution is -2.12. The third kappa shape index (κ3) is 4.96. The average molecular weight is 425 g/mol. The molecule has 0 unspecified atom stereocenters. The average Bonchev–Trinajstić information content (AvgIpc) is 3.10. The van der Waals surface area contributed by atoms with Gasteiger partial charge < -0.3 is 9.47 Å². The maximum absolute atomic E-state index is 12.4. The first-order valence-corrected chi connectivity index (χ1v) is 9.28. The molecule has 0 bridgehead atoms. The molecular weight excluding hydrogens is 410 g/mol. The van der Waals surface area contributed by atoms with Crippen LogP contribution in [0.5, 0.6) is 11.5 Å². The van der Waals surface area contributed by atoms with Crippen LogP contribution < -0.4 is 14.8 Å². The second kappa shape index (κ2) is 8.99. The number of alkyl halides is 2. The van der Waals surface area contributed by atoms with Crippen LogP contribution in [0, 0.1) is 0 Å². The second-order valence-corrected chi connectivity index (χ2v) is 7.12. The second-order valence-electron chi connectivity index (χ2n) is 5.60. The predicted molar refractivity (Wildman–Crippen MR) is 104 cm³/mol. The third-order valence-corrected chi connectivity index (χ3v) is 5.02. The first kappa shape index (κ1) is 20.0. The van der Waals surface area contributed by atoms with Crippen molar-refractivity contribution in [2.45, 2.75) is 13.0 Å². The molecule has 1 heterocycles. The normalized spacial score (nSPS) is 10.8. The van der Waals surface area contributed by atoms with Crippen LogP contribution in [0.3, 0.4) is 0 Å². The SMILES string of the molecule is COc1cc(C(=O)Nc2ncc(Cc3ccccc3Cl)s2)ccc1OC(F)F. The number of carbonyl (C=O) groups is 1. The number of amides is 1. The van der Waals surface area contributed by atoms with Crippen LogP contribution >= 0.6 is 22.9 Å². The minimum absolute atomic E-state index is 0.0338. The Morgan fingerprint density at radius 1 is 1.25 bits per heavy atom. The fraction of sp³-hybridized carbons (Fsp3) is 0.158. The molecule has 0 saturated carbocycles. The van der Waals surface area contributed by atoms with Crippen molar-refractivity contribution in [2.75, 3.05) is 12.4 Å². The zero-order valence-corrected chi connectivity index (χ0v) is 16.2. The summed E-state index contributed by atoms with van der Waals surface area (Å²) in [6.07, 6.45) is 2.27. The summed E-state index contributed by atoms with van der Waals surface area (Å²) in [6, 6.07) is 11.4. The monoisotopic (exact) mass is 424 g/mol. The summed E-state index contributed by atoms with van der Waals surface area (Å²) < 4.78 is 34.1. The summed E-state index contributed by atoms with van der Waals surface area (Å²) >= 11 is 7.49. The van der Waals surface area contributed by atoms with Crippen LogP contribution in [0.1, 0.15) is 20.8 Å². The lowest BCUT2D eigenvalue weighted by molar-refractivity contribution is -0.0512. The Kier molecular flexibility index (Phi) is 6.43. The molecule has 1 N–H and O–H groups in total. The van der Waals surface area contributed by atoms with Crippen LogP contribution in [0.4, 0.5) is 13.9 Å². The highest BCUT2D eigenvalue weighted by Crippen LogP contribution is 2.30.